The van der Waals surface area contributed by atoms with Crippen LogP contribution in [0.1, 0.15) is 38.5 Å². The fourth-order valence-electron chi connectivity index (χ4n) is 3.26. The number of amides is 2. The summed E-state index contributed by atoms with van der Waals surface area (Å²) < 4.78 is 5.27. The number of carbonyl (C=O) groups is 2. The fourth-order valence-corrected chi connectivity index (χ4v) is 3.55. The van der Waals surface area contributed by atoms with E-state index in [9.17, 15) is 9.59 Å². The van der Waals surface area contributed by atoms with Gasteiger partial charge in [0.2, 0.25) is 11.8 Å². The highest BCUT2D eigenvalue weighted by atomic mass is 32.1. The van der Waals surface area contributed by atoms with Crippen molar-refractivity contribution in [1.82, 2.24) is 4.90 Å². The SMILES string of the molecule is NC(=O)C1COCCN1C(=O)C1(C(N)=S)CCCCCC1. The second-order valence-corrected chi connectivity index (χ2v) is 6.29. The Balaban J connectivity index is 2.28. The summed E-state index contributed by atoms with van der Waals surface area (Å²) in [5.74, 6) is -0.696. The minimum atomic E-state index is -0.823. The highest BCUT2D eigenvalue weighted by Crippen LogP contribution is 2.38. The van der Waals surface area contributed by atoms with E-state index >= 15 is 0 Å². The molecule has 6 nitrogen and oxygen atoms in total. The maximum atomic E-state index is 13.1. The first kappa shape index (κ1) is 16.2. The second-order valence-electron chi connectivity index (χ2n) is 5.85. The average Bonchev–Trinajstić information content (AvgIpc) is 2.73. The quantitative estimate of drug-likeness (QED) is 0.578. The molecule has 2 aliphatic rings. The Morgan fingerprint density at radius 2 is 1.76 bits per heavy atom. The van der Waals surface area contributed by atoms with Gasteiger partial charge in [0.25, 0.3) is 0 Å². The van der Waals surface area contributed by atoms with Gasteiger partial charge in [-0.1, -0.05) is 37.9 Å². The molecule has 2 amide bonds. The lowest BCUT2D eigenvalue weighted by Gasteiger charge is -2.40. The van der Waals surface area contributed by atoms with E-state index in [0.717, 1.165) is 25.7 Å². The summed E-state index contributed by atoms with van der Waals surface area (Å²) in [5.41, 5.74) is 10.5. The zero-order valence-corrected chi connectivity index (χ0v) is 13.0. The van der Waals surface area contributed by atoms with Gasteiger partial charge in [-0.05, 0) is 12.8 Å². The second kappa shape index (κ2) is 6.70. The van der Waals surface area contributed by atoms with Crippen molar-refractivity contribution in [2.75, 3.05) is 19.8 Å². The summed E-state index contributed by atoms with van der Waals surface area (Å²) in [6.45, 7) is 0.911. The van der Waals surface area contributed by atoms with Crippen LogP contribution in [0.15, 0.2) is 0 Å². The maximum Gasteiger partial charge on any atom is 0.242 e. The number of rotatable bonds is 3. The molecule has 0 bridgehead atoms. The lowest BCUT2D eigenvalue weighted by Crippen LogP contribution is -2.60. The van der Waals surface area contributed by atoms with Crippen molar-refractivity contribution >= 4 is 29.0 Å². The van der Waals surface area contributed by atoms with Crippen LogP contribution in [0.4, 0.5) is 0 Å². The van der Waals surface area contributed by atoms with Gasteiger partial charge in [-0.3, -0.25) is 9.59 Å². The average molecular weight is 313 g/mol. The molecule has 4 N–H and O–H groups in total. The molecular weight excluding hydrogens is 290 g/mol. The molecule has 7 heteroatoms. The Bertz CT molecular complexity index is 433. The standard InChI is InChI=1S/C14H23N3O3S/c15-11(18)10-9-20-8-7-17(10)13(19)14(12(16)21)5-3-1-2-4-6-14/h10H,1-9H2,(H2,15,18)(H2,16,21). The Kier molecular flexibility index (Phi) is 5.16. The van der Waals surface area contributed by atoms with Crippen molar-refractivity contribution in [3.8, 4) is 0 Å². The van der Waals surface area contributed by atoms with E-state index in [1.165, 1.54) is 4.90 Å². The first-order chi connectivity index (χ1) is 9.99. The Labute approximate surface area is 130 Å². The van der Waals surface area contributed by atoms with Gasteiger partial charge in [0.1, 0.15) is 6.04 Å². The Morgan fingerprint density at radius 1 is 1.14 bits per heavy atom. The van der Waals surface area contributed by atoms with Gasteiger partial charge >= 0.3 is 0 Å². The molecular formula is C14H23N3O3S. The van der Waals surface area contributed by atoms with Gasteiger partial charge in [0.05, 0.1) is 23.6 Å². The summed E-state index contributed by atoms with van der Waals surface area (Å²) in [4.78, 5) is 26.4. The van der Waals surface area contributed by atoms with Crippen LogP contribution in [0.3, 0.4) is 0 Å². The molecule has 2 fully saturated rings. The van der Waals surface area contributed by atoms with E-state index in [0.29, 0.717) is 26.0 Å². The number of hydrogen-bond donors (Lipinski definition) is 2. The smallest absolute Gasteiger partial charge is 0.242 e. The van der Waals surface area contributed by atoms with E-state index < -0.39 is 17.4 Å². The third-order valence-corrected chi connectivity index (χ3v) is 4.95. The number of nitrogens with two attached hydrogens (primary N) is 2. The highest BCUT2D eigenvalue weighted by Gasteiger charge is 2.46. The monoisotopic (exact) mass is 313 g/mol. The first-order valence-corrected chi connectivity index (χ1v) is 7.88. The van der Waals surface area contributed by atoms with Crippen LogP contribution in [0, 0.1) is 5.41 Å². The van der Waals surface area contributed by atoms with Gasteiger partial charge in [-0.25, -0.2) is 0 Å². The van der Waals surface area contributed by atoms with Crippen molar-refractivity contribution < 1.29 is 14.3 Å². The van der Waals surface area contributed by atoms with E-state index in [-0.39, 0.29) is 17.5 Å². The van der Waals surface area contributed by atoms with Crippen LogP contribution in [0.25, 0.3) is 0 Å². The molecule has 1 aliphatic carbocycles. The minimum absolute atomic E-state index is 0.147. The third-order valence-electron chi connectivity index (χ3n) is 4.56. The molecule has 0 aromatic rings. The molecule has 2 rings (SSSR count). The molecule has 0 radical (unpaired) electrons. The first-order valence-electron chi connectivity index (χ1n) is 7.47. The maximum absolute atomic E-state index is 13.1. The number of ether oxygens (including phenoxy) is 1. The molecule has 21 heavy (non-hydrogen) atoms. The number of morpholine rings is 1. The number of primary amides is 1. The topological polar surface area (TPSA) is 98.7 Å². The van der Waals surface area contributed by atoms with Gasteiger partial charge in [-0.15, -0.1) is 0 Å². The van der Waals surface area contributed by atoms with Crippen molar-refractivity contribution in [3.63, 3.8) is 0 Å². The van der Waals surface area contributed by atoms with Crippen LogP contribution in [-0.4, -0.2) is 47.5 Å². The number of nitrogens with zero attached hydrogens (tertiary/aromatic N) is 1. The largest absolute Gasteiger partial charge is 0.392 e. The zero-order valence-electron chi connectivity index (χ0n) is 12.2. The van der Waals surface area contributed by atoms with E-state index in [1.54, 1.807) is 0 Å². The van der Waals surface area contributed by atoms with Crippen LogP contribution in [0.5, 0.6) is 0 Å². The third kappa shape index (κ3) is 3.18. The molecule has 0 aromatic heterocycles. The van der Waals surface area contributed by atoms with Gasteiger partial charge < -0.3 is 21.1 Å². The molecule has 0 spiro atoms. The Morgan fingerprint density at radius 3 is 2.29 bits per heavy atom. The van der Waals surface area contributed by atoms with Crippen LogP contribution >= 0.6 is 12.2 Å². The summed E-state index contributed by atoms with van der Waals surface area (Å²) in [6.07, 6.45) is 5.33. The molecule has 1 saturated carbocycles. The lowest BCUT2D eigenvalue weighted by molar-refractivity contribution is -0.153. The Hall–Kier alpha value is -1.21. The molecule has 0 aromatic carbocycles. The molecule has 1 heterocycles. The van der Waals surface area contributed by atoms with Crippen molar-refractivity contribution in [2.45, 2.75) is 44.6 Å². The summed E-state index contributed by atoms with van der Waals surface area (Å²) in [5, 5.41) is 0. The lowest BCUT2D eigenvalue weighted by atomic mass is 9.78. The van der Waals surface area contributed by atoms with Gasteiger partial charge in [0, 0.05) is 6.54 Å². The number of hydrogen-bond acceptors (Lipinski definition) is 4. The van der Waals surface area contributed by atoms with Crippen molar-refractivity contribution in [1.29, 1.82) is 0 Å². The van der Waals surface area contributed by atoms with Gasteiger partial charge in [-0.2, -0.15) is 0 Å². The fraction of sp³-hybridized carbons (Fsp3) is 0.786. The number of carbonyl (C=O) groups excluding carboxylic acids is 2. The van der Waals surface area contributed by atoms with E-state index in [2.05, 4.69) is 0 Å². The highest BCUT2D eigenvalue weighted by molar-refractivity contribution is 7.80. The number of thiocarbonyl (C=S) groups is 1. The molecule has 118 valence electrons. The molecule has 1 saturated heterocycles. The van der Waals surface area contributed by atoms with Crippen LogP contribution in [-0.2, 0) is 14.3 Å². The summed E-state index contributed by atoms with van der Waals surface area (Å²) in [6, 6.07) is -0.722. The predicted octanol–water partition coefficient (Wildman–Crippen LogP) is 0.326. The van der Waals surface area contributed by atoms with Crippen LogP contribution < -0.4 is 11.5 Å². The zero-order chi connectivity index (χ0) is 15.5. The summed E-state index contributed by atoms with van der Waals surface area (Å²) in [7, 11) is 0. The van der Waals surface area contributed by atoms with E-state index in [1.807, 2.05) is 0 Å². The predicted molar refractivity (Wildman–Crippen MR) is 82.4 cm³/mol. The minimum Gasteiger partial charge on any atom is -0.392 e. The molecule has 1 aliphatic heterocycles. The van der Waals surface area contributed by atoms with Gasteiger partial charge in [0.15, 0.2) is 0 Å². The van der Waals surface area contributed by atoms with Crippen LogP contribution in [0.2, 0.25) is 0 Å². The normalized spacial score (nSPS) is 25.9. The van der Waals surface area contributed by atoms with E-state index in [4.69, 9.17) is 28.4 Å². The van der Waals surface area contributed by atoms with Crippen molar-refractivity contribution in [2.24, 2.45) is 16.9 Å². The molecule has 1 unspecified atom stereocenters. The van der Waals surface area contributed by atoms with Crippen molar-refractivity contribution in [3.05, 3.63) is 0 Å². The summed E-state index contributed by atoms with van der Waals surface area (Å²) >= 11 is 5.22. The molecule has 1 atom stereocenters.